The molecule has 0 aromatic heterocycles. The summed E-state index contributed by atoms with van der Waals surface area (Å²) in [5.41, 5.74) is 1.01. The number of benzene rings is 1. The molecule has 1 aromatic rings. The molecule has 0 heterocycles. The van der Waals surface area contributed by atoms with Gasteiger partial charge in [0.2, 0.25) is 5.91 Å². The van der Waals surface area contributed by atoms with Gasteiger partial charge in [0.15, 0.2) is 0 Å². The Morgan fingerprint density at radius 2 is 1.63 bits per heavy atom. The maximum Gasteiger partial charge on any atom is 0.226 e. The van der Waals surface area contributed by atoms with Crippen molar-refractivity contribution in [3.05, 3.63) is 30.3 Å². The SMILES string of the molecule is CCC(=O)N(CCCN(CC)CC)c1ccccc1. The van der Waals surface area contributed by atoms with Crippen molar-refractivity contribution in [3.63, 3.8) is 0 Å². The molecule has 0 atom stereocenters. The molecule has 0 N–H and O–H groups in total. The summed E-state index contributed by atoms with van der Waals surface area (Å²) in [6, 6.07) is 9.95. The Bertz CT molecular complexity index is 360. The van der Waals surface area contributed by atoms with Crippen LogP contribution in [0.5, 0.6) is 0 Å². The van der Waals surface area contributed by atoms with Crippen LogP contribution in [-0.2, 0) is 4.79 Å². The summed E-state index contributed by atoms with van der Waals surface area (Å²) >= 11 is 0. The molecule has 1 amide bonds. The molecule has 1 rings (SSSR count). The molecular formula is C16H26N2O. The van der Waals surface area contributed by atoms with Gasteiger partial charge >= 0.3 is 0 Å². The first-order valence-corrected chi connectivity index (χ1v) is 7.30. The van der Waals surface area contributed by atoms with Gasteiger partial charge in [-0.3, -0.25) is 4.79 Å². The second-order valence-corrected chi connectivity index (χ2v) is 4.61. The van der Waals surface area contributed by atoms with Gasteiger partial charge in [0.05, 0.1) is 0 Å². The largest absolute Gasteiger partial charge is 0.312 e. The Morgan fingerprint density at radius 1 is 1.00 bits per heavy atom. The summed E-state index contributed by atoms with van der Waals surface area (Å²) in [5, 5.41) is 0. The number of nitrogens with zero attached hydrogens (tertiary/aromatic N) is 2. The van der Waals surface area contributed by atoms with Gasteiger partial charge in [-0.1, -0.05) is 39.0 Å². The van der Waals surface area contributed by atoms with E-state index in [1.165, 1.54) is 0 Å². The summed E-state index contributed by atoms with van der Waals surface area (Å²) in [7, 11) is 0. The third-order valence-electron chi connectivity index (χ3n) is 3.42. The molecule has 0 saturated carbocycles. The van der Waals surface area contributed by atoms with Gasteiger partial charge in [-0.2, -0.15) is 0 Å². The van der Waals surface area contributed by atoms with E-state index in [2.05, 4.69) is 18.7 Å². The maximum atomic E-state index is 12.0. The molecule has 0 spiro atoms. The van der Waals surface area contributed by atoms with Crippen molar-refractivity contribution in [2.24, 2.45) is 0 Å². The predicted octanol–water partition coefficient (Wildman–Crippen LogP) is 3.16. The highest BCUT2D eigenvalue weighted by molar-refractivity contribution is 5.93. The third-order valence-corrected chi connectivity index (χ3v) is 3.42. The highest BCUT2D eigenvalue weighted by Crippen LogP contribution is 2.15. The van der Waals surface area contributed by atoms with Crippen LogP contribution in [0.1, 0.15) is 33.6 Å². The van der Waals surface area contributed by atoms with Crippen molar-refractivity contribution in [2.75, 3.05) is 31.1 Å². The lowest BCUT2D eigenvalue weighted by atomic mass is 10.2. The molecule has 3 nitrogen and oxygen atoms in total. The van der Waals surface area contributed by atoms with Crippen LogP contribution in [-0.4, -0.2) is 37.0 Å². The van der Waals surface area contributed by atoms with E-state index in [1.807, 2.05) is 42.2 Å². The van der Waals surface area contributed by atoms with Gasteiger partial charge in [-0.05, 0) is 38.2 Å². The van der Waals surface area contributed by atoms with E-state index >= 15 is 0 Å². The first-order valence-electron chi connectivity index (χ1n) is 7.30. The fourth-order valence-corrected chi connectivity index (χ4v) is 2.19. The van der Waals surface area contributed by atoms with Gasteiger partial charge < -0.3 is 9.80 Å². The normalized spacial score (nSPS) is 10.7. The van der Waals surface area contributed by atoms with E-state index in [1.54, 1.807) is 0 Å². The van der Waals surface area contributed by atoms with Crippen molar-refractivity contribution >= 4 is 11.6 Å². The molecule has 0 aliphatic rings. The van der Waals surface area contributed by atoms with Crippen LogP contribution in [0.25, 0.3) is 0 Å². The third kappa shape index (κ3) is 5.03. The number of carbonyl (C=O) groups is 1. The Balaban J connectivity index is 2.59. The van der Waals surface area contributed by atoms with Crippen LogP contribution in [0.2, 0.25) is 0 Å². The topological polar surface area (TPSA) is 23.6 Å². The second-order valence-electron chi connectivity index (χ2n) is 4.61. The second kappa shape index (κ2) is 8.70. The highest BCUT2D eigenvalue weighted by Gasteiger charge is 2.13. The number of para-hydroxylation sites is 1. The minimum atomic E-state index is 0.200. The zero-order valence-corrected chi connectivity index (χ0v) is 12.4. The van der Waals surface area contributed by atoms with Crippen molar-refractivity contribution in [1.29, 1.82) is 0 Å². The monoisotopic (exact) mass is 262 g/mol. The van der Waals surface area contributed by atoms with E-state index in [0.29, 0.717) is 6.42 Å². The van der Waals surface area contributed by atoms with E-state index in [0.717, 1.165) is 38.3 Å². The van der Waals surface area contributed by atoms with Crippen LogP contribution in [0.4, 0.5) is 5.69 Å². The van der Waals surface area contributed by atoms with E-state index in [4.69, 9.17) is 0 Å². The fraction of sp³-hybridized carbons (Fsp3) is 0.562. The molecule has 19 heavy (non-hydrogen) atoms. The summed E-state index contributed by atoms with van der Waals surface area (Å²) in [4.78, 5) is 16.3. The Morgan fingerprint density at radius 3 is 2.16 bits per heavy atom. The summed E-state index contributed by atoms with van der Waals surface area (Å²) in [6.07, 6.45) is 1.57. The molecule has 0 radical (unpaired) electrons. The minimum absolute atomic E-state index is 0.200. The lowest BCUT2D eigenvalue weighted by Crippen LogP contribution is -2.34. The van der Waals surface area contributed by atoms with Crippen LogP contribution in [0.15, 0.2) is 30.3 Å². The van der Waals surface area contributed by atoms with E-state index in [-0.39, 0.29) is 5.91 Å². The lowest BCUT2D eigenvalue weighted by molar-refractivity contribution is -0.118. The minimum Gasteiger partial charge on any atom is -0.312 e. The first-order chi connectivity index (χ1) is 9.22. The standard InChI is InChI=1S/C16H26N2O/c1-4-16(19)18(15-11-8-7-9-12-15)14-10-13-17(5-2)6-3/h7-9,11-12H,4-6,10,13-14H2,1-3H3. The van der Waals surface area contributed by atoms with Crippen molar-refractivity contribution in [3.8, 4) is 0 Å². The molecule has 0 fully saturated rings. The average Bonchev–Trinajstić information content (AvgIpc) is 2.48. The van der Waals surface area contributed by atoms with Gasteiger partial charge in [0, 0.05) is 18.7 Å². The number of hydrogen-bond acceptors (Lipinski definition) is 2. The molecule has 0 unspecified atom stereocenters. The Kier molecular flexibility index (Phi) is 7.19. The molecule has 3 heteroatoms. The van der Waals surface area contributed by atoms with Gasteiger partial charge in [0.25, 0.3) is 0 Å². The van der Waals surface area contributed by atoms with E-state index in [9.17, 15) is 4.79 Å². The Labute approximate surface area is 117 Å². The fourth-order valence-electron chi connectivity index (χ4n) is 2.19. The van der Waals surface area contributed by atoms with Crippen molar-refractivity contribution in [2.45, 2.75) is 33.6 Å². The van der Waals surface area contributed by atoms with E-state index < -0.39 is 0 Å². The maximum absolute atomic E-state index is 12.0. The zero-order valence-electron chi connectivity index (χ0n) is 12.4. The number of anilines is 1. The summed E-state index contributed by atoms with van der Waals surface area (Å²) in [5.74, 6) is 0.200. The quantitative estimate of drug-likeness (QED) is 0.718. The number of hydrogen-bond donors (Lipinski definition) is 0. The van der Waals surface area contributed by atoms with Gasteiger partial charge in [-0.25, -0.2) is 0 Å². The number of amides is 1. The van der Waals surface area contributed by atoms with Crippen LogP contribution in [0, 0.1) is 0 Å². The van der Waals surface area contributed by atoms with Crippen LogP contribution >= 0.6 is 0 Å². The van der Waals surface area contributed by atoms with Crippen LogP contribution in [0.3, 0.4) is 0 Å². The molecule has 1 aromatic carbocycles. The molecular weight excluding hydrogens is 236 g/mol. The first kappa shape index (κ1) is 15.7. The highest BCUT2D eigenvalue weighted by atomic mass is 16.2. The number of rotatable bonds is 8. The molecule has 106 valence electrons. The average molecular weight is 262 g/mol. The zero-order chi connectivity index (χ0) is 14.1. The molecule has 0 saturated heterocycles. The molecule has 0 aliphatic heterocycles. The summed E-state index contributed by atoms with van der Waals surface area (Å²) in [6.45, 7) is 10.3. The van der Waals surface area contributed by atoms with Crippen molar-refractivity contribution < 1.29 is 4.79 Å². The molecule has 0 bridgehead atoms. The molecule has 0 aliphatic carbocycles. The van der Waals surface area contributed by atoms with Crippen molar-refractivity contribution in [1.82, 2.24) is 4.90 Å². The predicted molar refractivity (Wildman–Crippen MR) is 81.5 cm³/mol. The summed E-state index contributed by atoms with van der Waals surface area (Å²) < 4.78 is 0. The lowest BCUT2D eigenvalue weighted by Gasteiger charge is -2.24. The van der Waals surface area contributed by atoms with Gasteiger partial charge in [-0.15, -0.1) is 0 Å². The van der Waals surface area contributed by atoms with Gasteiger partial charge in [0.1, 0.15) is 0 Å². The smallest absolute Gasteiger partial charge is 0.226 e. The number of carbonyl (C=O) groups excluding carboxylic acids is 1. The Hall–Kier alpha value is -1.35. The van der Waals surface area contributed by atoms with Crippen LogP contribution < -0.4 is 4.90 Å².